The van der Waals surface area contributed by atoms with Gasteiger partial charge >= 0.3 is 0 Å². The Morgan fingerprint density at radius 3 is 2.67 bits per heavy atom. The van der Waals surface area contributed by atoms with E-state index in [9.17, 15) is 9.18 Å². The van der Waals surface area contributed by atoms with Crippen molar-refractivity contribution in [2.24, 2.45) is 0 Å². The second-order valence-electron chi connectivity index (χ2n) is 6.51. The molecule has 3 rings (SSSR count). The first-order valence-electron chi connectivity index (χ1n) is 8.98. The molecule has 27 heavy (non-hydrogen) atoms. The molecule has 144 valence electrons. The van der Waals surface area contributed by atoms with E-state index in [1.807, 2.05) is 18.2 Å². The Morgan fingerprint density at radius 2 is 1.96 bits per heavy atom. The summed E-state index contributed by atoms with van der Waals surface area (Å²) < 4.78 is 29.8. The Morgan fingerprint density at radius 1 is 1.15 bits per heavy atom. The molecule has 0 aromatic heterocycles. The van der Waals surface area contributed by atoms with E-state index in [2.05, 4.69) is 0 Å². The van der Waals surface area contributed by atoms with E-state index >= 15 is 0 Å². The van der Waals surface area contributed by atoms with Gasteiger partial charge in [-0.15, -0.1) is 0 Å². The smallest absolute Gasteiger partial charge is 0.263 e. The van der Waals surface area contributed by atoms with Crippen LogP contribution < -0.4 is 14.2 Å². The van der Waals surface area contributed by atoms with Crippen LogP contribution in [0.25, 0.3) is 0 Å². The monoisotopic (exact) mass is 373 g/mol. The molecule has 0 spiro atoms. The Hall–Kier alpha value is -2.76. The molecule has 2 aromatic carbocycles. The number of methoxy groups -OCH3 is 2. The van der Waals surface area contributed by atoms with Crippen LogP contribution in [0.3, 0.4) is 0 Å². The Bertz CT molecular complexity index is 811. The number of benzene rings is 2. The van der Waals surface area contributed by atoms with Gasteiger partial charge < -0.3 is 19.1 Å². The zero-order chi connectivity index (χ0) is 19.4. The zero-order valence-electron chi connectivity index (χ0n) is 15.8. The van der Waals surface area contributed by atoms with Gasteiger partial charge in [0.2, 0.25) is 0 Å². The molecule has 1 aliphatic heterocycles. The van der Waals surface area contributed by atoms with Crippen molar-refractivity contribution in [2.75, 3.05) is 20.8 Å². The maximum Gasteiger partial charge on any atom is 0.263 e. The first-order valence-corrected chi connectivity index (χ1v) is 8.98. The number of nitrogens with zero attached hydrogens (tertiary/aromatic N) is 1. The summed E-state index contributed by atoms with van der Waals surface area (Å²) in [5.41, 5.74) is 0.917. The summed E-state index contributed by atoms with van der Waals surface area (Å²) in [5.74, 6) is 1.25. The van der Waals surface area contributed by atoms with Crippen LogP contribution in [-0.4, -0.2) is 37.7 Å². The van der Waals surface area contributed by atoms with Crippen LogP contribution in [0.15, 0.2) is 42.5 Å². The second kappa shape index (κ2) is 8.29. The Labute approximate surface area is 158 Å². The van der Waals surface area contributed by atoms with Gasteiger partial charge in [-0.25, -0.2) is 4.39 Å². The summed E-state index contributed by atoms with van der Waals surface area (Å²) in [4.78, 5) is 14.8. The van der Waals surface area contributed by atoms with Crippen LogP contribution in [-0.2, 0) is 4.79 Å². The molecular formula is C21H24FNO4. The molecule has 0 N–H and O–H groups in total. The average Bonchev–Trinajstić information content (AvgIpc) is 3.16. The Balaban J connectivity index is 1.80. The highest BCUT2D eigenvalue weighted by Crippen LogP contribution is 2.39. The standard InChI is InChI=1S/C21H24FNO4/c1-14(27-17-7-4-6-15(22)12-17)21(24)23-11-5-8-19(23)18-13-16(25-2)9-10-20(18)26-3/h4,6-7,9-10,12-14,19H,5,8,11H2,1-3H3. The summed E-state index contributed by atoms with van der Waals surface area (Å²) in [7, 11) is 3.22. The Kier molecular flexibility index (Phi) is 5.84. The lowest BCUT2D eigenvalue weighted by molar-refractivity contribution is -0.139. The van der Waals surface area contributed by atoms with Gasteiger partial charge in [-0.1, -0.05) is 6.07 Å². The van der Waals surface area contributed by atoms with Gasteiger partial charge in [0.15, 0.2) is 6.10 Å². The number of hydrogen-bond acceptors (Lipinski definition) is 4. The highest BCUT2D eigenvalue weighted by molar-refractivity contribution is 5.81. The number of halogens is 1. The van der Waals surface area contributed by atoms with Gasteiger partial charge in [0.1, 0.15) is 23.1 Å². The number of hydrogen-bond donors (Lipinski definition) is 0. The third-order valence-corrected chi connectivity index (χ3v) is 4.79. The molecule has 5 nitrogen and oxygen atoms in total. The van der Waals surface area contributed by atoms with Crippen molar-refractivity contribution in [3.63, 3.8) is 0 Å². The average molecular weight is 373 g/mol. The number of carbonyl (C=O) groups is 1. The van der Waals surface area contributed by atoms with E-state index < -0.39 is 11.9 Å². The van der Waals surface area contributed by atoms with Gasteiger partial charge in [-0.3, -0.25) is 4.79 Å². The maximum atomic E-state index is 13.4. The van der Waals surface area contributed by atoms with Crippen molar-refractivity contribution in [1.29, 1.82) is 0 Å². The predicted octanol–water partition coefficient (Wildman–Crippen LogP) is 3.97. The van der Waals surface area contributed by atoms with Crippen LogP contribution >= 0.6 is 0 Å². The summed E-state index contributed by atoms with van der Waals surface area (Å²) in [5, 5.41) is 0. The van der Waals surface area contributed by atoms with Gasteiger partial charge in [-0.2, -0.15) is 0 Å². The predicted molar refractivity (Wildman–Crippen MR) is 99.7 cm³/mol. The van der Waals surface area contributed by atoms with E-state index in [1.165, 1.54) is 12.1 Å². The minimum atomic E-state index is -0.719. The molecule has 2 unspecified atom stereocenters. The lowest BCUT2D eigenvalue weighted by Gasteiger charge is -2.29. The molecule has 2 atom stereocenters. The van der Waals surface area contributed by atoms with Crippen molar-refractivity contribution in [3.05, 3.63) is 53.8 Å². The fraction of sp³-hybridized carbons (Fsp3) is 0.381. The van der Waals surface area contributed by atoms with Crippen molar-refractivity contribution in [2.45, 2.75) is 31.9 Å². The lowest BCUT2D eigenvalue weighted by Crippen LogP contribution is -2.40. The van der Waals surface area contributed by atoms with Crippen LogP contribution in [0.4, 0.5) is 4.39 Å². The fourth-order valence-corrected chi connectivity index (χ4v) is 3.48. The first kappa shape index (κ1) is 19.0. The largest absolute Gasteiger partial charge is 0.497 e. The van der Waals surface area contributed by atoms with Crippen molar-refractivity contribution in [3.8, 4) is 17.2 Å². The molecule has 0 radical (unpaired) electrons. The molecule has 1 heterocycles. The topological polar surface area (TPSA) is 48.0 Å². The molecule has 1 amide bonds. The molecule has 1 fully saturated rings. The number of amides is 1. The molecule has 0 bridgehead atoms. The van der Waals surface area contributed by atoms with Gasteiger partial charge in [-0.05, 0) is 50.1 Å². The van der Waals surface area contributed by atoms with Crippen molar-refractivity contribution >= 4 is 5.91 Å². The number of ether oxygens (including phenoxy) is 3. The molecular weight excluding hydrogens is 349 g/mol. The SMILES string of the molecule is COc1ccc(OC)c(C2CCCN2C(=O)C(C)Oc2cccc(F)c2)c1. The molecule has 1 aliphatic rings. The minimum absolute atomic E-state index is 0.110. The fourth-order valence-electron chi connectivity index (χ4n) is 3.48. The number of carbonyl (C=O) groups excluding carboxylic acids is 1. The van der Waals surface area contributed by atoms with Gasteiger partial charge in [0.05, 0.1) is 20.3 Å². The van der Waals surface area contributed by atoms with Crippen LogP contribution in [0.2, 0.25) is 0 Å². The summed E-state index contributed by atoms with van der Waals surface area (Å²) in [6, 6.07) is 11.3. The van der Waals surface area contributed by atoms with Crippen LogP contribution in [0, 0.1) is 5.82 Å². The first-order chi connectivity index (χ1) is 13.0. The van der Waals surface area contributed by atoms with Crippen LogP contribution in [0.1, 0.15) is 31.4 Å². The van der Waals surface area contributed by atoms with E-state index in [0.717, 1.165) is 24.2 Å². The summed E-state index contributed by atoms with van der Waals surface area (Å²) in [6.07, 6.45) is 1.01. The van der Waals surface area contributed by atoms with Crippen LogP contribution in [0.5, 0.6) is 17.2 Å². The van der Waals surface area contributed by atoms with E-state index in [1.54, 1.807) is 38.2 Å². The van der Waals surface area contributed by atoms with E-state index in [0.29, 0.717) is 18.0 Å². The van der Waals surface area contributed by atoms with Crippen molar-refractivity contribution in [1.82, 2.24) is 4.90 Å². The summed E-state index contributed by atoms with van der Waals surface area (Å²) >= 11 is 0. The highest BCUT2D eigenvalue weighted by atomic mass is 19.1. The maximum absolute atomic E-state index is 13.4. The molecule has 0 aliphatic carbocycles. The van der Waals surface area contributed by atoms with E-state index in [4.69, 9.17) is 14.2 Å². The normalized spacial score (nSPS) is 17.5. The van der Waals surface area contributed by atoms with Gasteiger partial charge in [0, 0.05) is 18.2 Å². The highest BCUT2D eigenvalue weighted by Gasteiger charge is 2.35. The van der Waals surface area contributed by atoms with Crippen molar-refractivity contribution < 1.29 is 23.4 Å². The molecule has 1 saturated heterocycles. The van der Waals surface area contributed by atoms with E-state index in [-0.39, 0.29) is 11.9 Å². The minimum Gasteiger partial charge on any atom is -0.497 e. The number of likely N-dealkylation sites (tertiary alicyclic amines) is 1. The quantitative estimate of drug-likeness (QED) is 0.769. The molecule has 6 heteroatoms. The lowest BCUT2D eigenvalue weighted by atomic mass is 10.0. The zero-order valence-corrected chi connectivity index (χ0v) is 15.8. The third kappa shape index (κ3) is 4.15. The van der Waals surface area contributed by atoms with Gasteiger partial charge in [0.25, 0.3) is 5.91 Å². The number of rotatable bonds is 6. The third-order valence-electron chi connectivity index (χ3n) is 4.79. The second-order valence-corrected chi connectivity index (χ2v) is 6.51. The molecule has 0 saturated carbocycles. The molecule has 2 aromatic rings. The summed E-state index contributed by atoms with van der Waals surface area (Å²) in [6.45, 7) is 2.33.